The fourth-order valence-corrected chi connectivity index (χ4v) is 3.75. The molecular formula is C25H27N5O4. The van der Waals surface area contributed by atoms with E-state index in [0.717, 1.165) is 25.2 Å². The summed E-state index contributed by atoms with van der Waals surface area (Å²) in [7, 11) is 1.47. The Labute approximate surface area is 198 Å². The van der Waals surface area contributed by atoms with Crippen LogP contribution in [0.1, 0.15) is 28.0 Å². The topological polar surface area (TPSA) is 106 Å². The number of nitrogens with one attached hydrogen (secondary N) is 2. The van der Waals surface area contributed by atoms with Gasteiger partial charge in [0.05, 0.1) is 36.4 Å². The highest BCUT2D eigenvalue weighted by molar-refractivity contribution is 6.00. The Morgan fingerprint density at radius 3 is 2.65 bits per heavy atom. The second-order valence-electron chi connectivity index (χ2n) is 8.07. The summed E-state index contributed by atoms with van der Waals surface area (Å²) in [6.07, 6.45) is 3.65. The summed E-state index contributed by atoms with van der Waals surface area (Å²) in [6.45, 7) is 4.21. The number of methoxy groups -OCH3 is 1. The Morgan fingerprint density at radius 1 is 1.09 bits per heavy atom. The molecule has 1 aliphatic rings. The van der Waals surface area contributed by atoms with Crippen molar-refractivity contribution in [3.8, 4) is 5.75 Å². The zero-order valence-electron chi connectivity index (χ0n) is 19.2. The molecule has 34 heavy (non-hydrogen) atoms. The molecule has 0 saturated carbocycles. The Balaban J connectivity index is 1.33. The van der Waals surface area contributed by atoms with Gasteiger partial charge < -0.3 is 14.8 Å². The highest BCUT2D eigenvalue weighted by Crippen LogP contribution is 2.27. The monoisotopic (exact) mass is 461 g/mol. The highest BCUT2D eigenvalue weighted by Gasteiger charge is 2.26. The molecule has 1 aliphatic heterocycles. The van der Waals surface area contributed by atoms with E-state index in [1.54, 1.807) is 24.4 Å². The summed E-state index contributed by atoms with van der Waals surface area (Å²) < 4.78 is 11.1. The molecule has 2 N–H and O–H groups in total. The van der Waals surface area contributed by atoms with Gasteiger partial charge in [0, 0.05) is 19.6 Å². The number of aromatic nitrogens is 2. The number of esters is 1. The Kier molecular flexibility index (Phi) is 7.34. The number of carbonyl (C=O) groups is 2. The van der Waals surface area contributed by atoms with Gasteiger partial charge in [0.15, 0.2) is 5.82 Å². The van der Waals surface area contributed by atoms with Crippen molar-refractivity contribution in [3.63, 3.8) is 0 Å². The van der Waals surface area contributed by atoms with Crippen molar-refractivity contribution in [2.45, 2.75) is 26.0 Å². The first kappa shape index (κ1) is 23.2. The Hall–Kier alpha value is -3.98. The van der Waals surface area contributed by atoms with Gasteiger partial charge in [-0.25, -0.2) is 14.6 Å². The molecular weight excluding hydrogens is 434 g/mol. The van der Waals surface area contributed by atoms with Crippen molar-refractivity contribution in [1.82, 2.24) is 14.9 Å². The number of nitrogens with zero attached hydrogens (tertiary/aromatic N) is 3. The summed E-state index contributed by atoms with van der Waals surface area (Å²) in [4.78, 5) is 35.5. The van der Waals surface area contributed by atoms with E-state index in [0.29, 0.717) is 29.4 Å². The molecule has 1 saturated heterocycles. The van der Waals surface area contributed by atoms with Gasteiger partial charge >= 0.3 is 12.0 Å². The Bertz CT molecular complexity index is 1140. The predicted molar refractivity (Wildman–Crippen MR) is 128 cm³/mol. The first-order chi connectivity index (χ1) is 16.5. The molecule has 0 aliphatic carbocycles. The number of amides is 2. The number of anilines is 2. The van der Waals surface area contributed by atoms with Crippen LogP contribution < -0.4 is 15.4 Å². The minimum Gasteiger partial charge on any atom is -0.495 e. The van der Waals surface area contributed by atoms with Crippen LogP contribution in [0.3, 0.4) is 0 Å². The Morgan fingerprint density at radius 2 is 1.91 bits per heavy atom. The first-order valence-electron chi connectivity index (χ1n) is 11.0. The lowest BCUT2D eigenvalue weighted by molar-refractivity contribution is 0.0320. The van der Waals surface area contributed by atoms with E-state index in [4.69, 9.17) is 9.47 Å². The normalized spacial score (nSPS) is 15.5. The first-order valence-corrected chi connectivity index (χ1v) is 11.0. The lowest BCUT2D eigenvalue weighted by Crippen LogP contribution is -2.25. The summed E-state index contributed by atoms with van der Waals surface area (Å²) >= 11 is 0. The molecule has 1 unspecified atom stereocenters. The number of urea groups is 1. The van der Waals surface area contributed by atoms with Gasteiger partial charge in [-0.3, -0.25) is 15.2 Å². The molecule has 9 heteroatoms. The minimum atomic E-state index is -0.503. The third kappa shape index (κ3) is 6.08. The van der Waals surface area contributed by atoms with Gasteiger partial charge in [0.2, 0.25) is 0 Å². The molecule has 9 nitrogen and oxygen atoms in total. The molecule has 176 valence electrons. The van der Waals surface area contributed by atoms with Gasteiger partial charge in [0.1, 0.15) is 11.9 Å². The largest absolute Gasteiger partial charge is 0.495 e. The van der Waals surface area contributed by atoms with Crippen molar-refractivity contribution in [2.75, 3.05) is 30.8 Å². The molecule has 1 fully saturated rings. The zero-order valence-corrected chi connectivity index (χ0v) is 19.2. The molecule has 2 heterocycles. The molecule has 3 aromatic rings. The molecule has 1 aromatic heterocycles. The smallest absolute Gasteiger partial charge is 0.338 e. The number of hydrogen-bond donors (Lipinski definition) is 2. The number of ether oxygens (including phenoxy) is 2. The van der Waals surface area contributed by atoms with E-state index in [9.17, 15) is 9.59 Å². The summed E-state index contributed by atoms with van der Waals surface area (Å²) in [6, 6.07) is 14.5. The third-order valence-corrected chi connectivity index (χ3v) is 5.46. The maximum atomic E-state index is 12.7. The maximum absolute atomic E-state index is 12.7. The number of carbonyl (C=O) groups excluding carboxylic acids is 2. The number of aryl methyl sites for hydroxylation is 1. The van der Waals surface area contributed by atoms with Crippen LogP contribution in [0.15, 0.2) is 60.9 Å². The van der Waals surface area contributed by atoms with Crippen LogP contribution in [0, 0.1) is 6.92 Å². The van der Waals surface area contributed by atoms with Crippen LogP contribution in [-0.4, -0.2) is 53.2 Å². The van der Waals surface area contributed by atoms with Crippen molar-refractivity contribution < 1.29 is 19.1 Å². The molecule has 2 amide bonds. The summed E-state index contributed by atoms with van der Waals surface area (Å²) in [5.41, 5.74) is 2.75. The van der Waals surface area contributed by atoms with Gasteiger partial charge in [0.25, 0.3) is 0 Å². The molecule has 0 spiro atoms. The van der Waals surface area contributed by atoms with Crippen LogP contribution in [0.2, 0.25) is 0 Å². The van der Waals surface area contributed by atoms with Gasteiger partial charge in [-0.05, 0) is 37.1 Å². The number of rotatable bonds is 7. The van der Waals surface area contributed by atoms with Gasteiger partial charge in [-0.2, -0.15) is 0 Å². The summed E-state index contributed by atoms with van der Waals surface area (Å²) in [5, 5.41) is 5.29. The fourth-order valence-electron chi connectivity index (χ4n) is 3.75. The van der Waals surface area contributed by atoms with Gasteiger partial charge in [-0.1, -0.05) is 30.3 Å². The lowest BCUT2D eigenvalue weighted by Gasteiger charge is -2.17. The van der Waals surface area contributed by atoms with Crippen molar-refractivity contribution in [2.24, 2.45) is 0 Å². The quantitative estimate of drug-likeness (QED) is 0.515. The number of likely N-dealkylation sites (tertiary alicyclic amines) is 1. The second-order valence-corrected chi connectivity index (χ2v) is 8.07. The van der Waals surface area contributed by atoms with E-state index in [1.165, 1.54) is 18.9 Å². The summed E-state index contributed by atoms with van der Waals surface area (Å²) in [5.74, 6) is 0.243. The predicted octanol–water partition coefficient (Wildman–Crippen LogP) is 3.87. The van der Waals surface area contributed by atoms with Crippen molar-refractivity contribution >= 4 is 23.5 Å². The number of hydrogen-bond acceptors (Lipinski definition) is 7. The number of benzene rings is 2. The standard InChI is InChI=1S/C25H27N5O4/c1-17-13-27-23(14-26-17)29-25(32)28-21-9-8-19(12-22(21)33-2)24(31)34-20-10-11-30(16-20)15-18-6-4-3-5-7-18/h3-9,12-14,20H,10-11,15-16H2,1-2H3,(H2,27,28,29,32). The molecule has 0 bridgehead atoms. The maximum Gasteiger partial charge on any atom is 0.338 e. The van der Waals surface area contributed by atoms with E-state index < -0.39 is 12.0 Å². The van der Waals surface area contributed by atoms with Crippen LogP contribution >= 0.6 is 0 Å². The van der Waals surface area contributed by atoms with Crippen LogP contribution in [-0.2, 0) is 11.3 Å². The molecule has 4 rings (SSSR count). The average Bonchev–Trinajstić information content (AvgIpc) is 3.27. The zero-order chi connectivity index (χ0) is 23.9. The van der Waals surface area contributed by atoms with E-state index in [2.05, 4.69) is 37.6 Å². The third-order valence-electron chi connectivity index (χ3n) is 5.46. The molecule has 2 aromatic carbocycles. The average molecular weight is 462 g/mol. The van der Waals surface area contributed by atoms with Crippen LogP contribution in [0.25, 0.3) is 0 Å². The van der Waals surface area contributed by atoms with Gasteiger partial charge in [-0.15, -0.1) is 0 Å². The van der Waals surface area contributed by atoms with Crippen molar-refractivity contribution in [1.29, 1.82) is 0 Å². The van der Waals surface area contributed by atoms with Crippen LogP contribution in [0.5, 0.6) is 5.75 Å². The van der Waals surface area contributed by atoms with Crippen molar-refractivity contribution in [3.05, 3.63) is 77.7 Å². The van der Waals surface area contributed by atoms with E-state index in [1.807, 2.05) is 25.1 Å². The highest BCUT2D eigenvalue weighted by atomic mass is 16.5. The fraction of sp³-hybridized carbons (Fsp3) is 0.280. The SMILES string of the molecule is COc1cc(C(=O)OC2CCN(Cc3ccccc3)C2)ccc1NC(=O)Nc1cnc(C)cn1. The van der Waals surface area contributed by atoms with Crippen LogP contribution in [0.4, 0.5) is 16.3 Å². The molecule has 1 atom stereocenters. The van der Waals surface area contributed by atoms with E-state index in [-0.39, 0.29) is 6.10 Å². The minimum absolute atomic E-state index is 0.165. The van der Waals surface area contributed by atoms with E-state index >= 15 is 0 Å². The second kappa shape index (κ2) is 10.8. The molecule has 0 radical (unpaired) electrons. The lowest BCUT2D eigenvalue weighted by atomic mass is 10.2.